The van der Waals surface area contributed by atoms with E-state index in [2.05, 4.69) is 32.9 Å². The second-order valence-corrected chi connectivity index (χ2v) is 5.92. The average molecular weight is 327 g/mol. The van der Waals surface area contributed by atoms with Gasteiger partial charge in [0.25, 0.3) is 0 Å². The molecule has 0 atom stereocenters. The number of nitrogens with zero attached hydrogens (tertiary/aromatic N) is 4. The summed E-state index contributed by atoms with van der Waals surface area (Å²) >= 11 is 0. The minimum atomic E-state index is 0.552. The lowest BCUT2D eigenvalue weighted by Gasteiger charge is -2.13. The molecule has 2 N–H and O–H groups in total. The molecule has 5 nitrogen and oxygen atoms in total. The molecule has 0 bridgehead atoms. The Kier molecular flexibility index (Phi) is 3.82. The van der Waals surface area contributed by atoms with Crippen molar-refractivity contribution in [1.82, 2.24) is 19.9 Å². The minimum Gasteiger partial charge on any atom is -0.383 e. The number of hydrogen-bond acceptors (Lipinski definition) is 5. The van der Waals surface area contributed by atoms with Gasteiger partial charge in [-0.2, -0.15) is 0 Å². The SMILES string of the molecule is Cc1ccc2c(N)nccc2c1Cc1ncccc1-c1ccncn1. The minimum absolute atomic E-state index is 0.552. The normalized spacial score (nSPS) is 10.9. The van der Waals surface area contributed by atoms with E-state index in [1.165, 1.54) is 11.1 Å². The zero-order valence-electron chi connectivity index (χ0n) is 13.8. The van der Waals surface area contributed by atoms with Crippen LogP contribution in [0.1, 0.15) is 16.8 Å². The van der Waals surface area contributed by atoms with E-state index in [4.69, 9.17) is 5.73 Å². The number of nitrogen functional groups attached to an aromatic ring is 1. The predicted molar refractivity (Wildman–Crippen MR) is 99.0 cm³/mol. The fourth-order valence-corrected chi connectivity index (χ4v) is 3.11. The van der Waals surface area contributed by atoms with Gasteiger partial charge >= 0.3 is 0 Å². The number of pyridine rings is 2. The van der Waals surface area contributed by atoms with Gasteiger partial charge in [-0.3, -0.25) is 4.98 Å². The number of benzene rings is 1. The molecular weight excluding hydrogens is 310 g/mol. The van der Waals surface area contributed by atoms with E-state index in [0.717, 1.165) is 27.7 Å². The number of aromatic nitrogens is 4. The fraction of sp³-hybridized carbons (Fsp3) is 0.100. The molecule has 0 radical (unpaired) electrons. The van der Waals surface area contributed by atoms with Gasteiger partial charge in [-0.05, 0) is 47.7 Å². The number of nitrogens with two attached hydrogens (primary N) is 1. The second-order valence-electron chi connectivity index (χ2n) is 5.92. The van der Waals surface area contributed by atoms with Crippen molar-refractivity contribution in [2.75, 3.05) is 5.73 Å². The maximum atomic E-state index is 6.05. The summed E-state index contributed by atoms with van der Waals surface area (Å²) in [7, 11) is 0. The molecule has 0 aliphatic heterocycles. The molecule has 0 fully saturated rings. The smallest absolute Gasteiger partial charge is 0.131 e. The topological polar surface area (TPSA) is 77.6 Å². The number of fused-ring (bicyclic) bond motifs is 1. The standard InChI is InChI=1S/C20H17N5/c1-13-4-5-15-14(6-10-24-20(15)21)17(13)11-19-16(3-2-8-23-19)18-7-9-22-12-25-18/h2-10,12H,11H2,1H3,(H2,21,24). The molecule has 0 saturated heterocycles. The molecule has 4 rings (SSSR count). The van der Waals surface area contributed by atoms with Crippen LogP contribution in [0.3, 0.4) is 0 Å². The molecule has 5 heteroatoms. The van der Waals surface area contributed by atoms with Crippen LogP contribution in [0, 0.1) is 6.92 Å². The molecule has 3 aromatic heterocycles. The van der Waals surface area contributed by atoms with Crippen molar-refractivity contribution in [2.24, 2.45) is 0 Å². The van der Waals surface area contributed by atoms with Crippen LogP contribution in [0.25, 0.3) is 22.0 Å². The Morgan fingerprint density at radius 2 is 1.80 bits per heavy atom. The first kappa shape index (κ1) is 15.2. The molecule has 0 amide bonds. The third-order valence-corrected chi connectivity index (χ3v) is 4.41. The van der Waals surface area contributed by atoms with E-state index in [0.29, 0.717) is 12.2 Å². The van der Waals surface area contributed by atoms with Gasteiger partial charge in [0.1, 0.15) is 12.1 Å². The van der Waals surface area contributed by atoms with E-state index in [-0.39, 0.29) is 0 Å². The first-order valence-electron chi connectivity index (χ1n) is 8.07. The molecule has 1 aromatic carbocycles. The molecule has 122 valence electrons. The van der Waals surface area contributed by atoms with Crippen LogP contribution in [-0.4, -0.2) is 19.9 Å². The zero-order chi connectivity index (χ0) is 17.2. The lowest BCUT2D eigenvalue weighted by atomic mass is 9.94. The predicted octanol–water partition coefficient (Wildman–Crippen LogP) is 3.57. The second kappa shape index (κ2) is 6.28. The summed E-state index contributed by atoms with van der Waals surface area (Å²) in [5.41, 5.74) is 11.3. The summed E-state index contributed by atoms with van der Waals surface area (Å²) in [4.78, 5) is 17.2. The Bertz CT molecular complexity index is 1040. The summed E-state index contributed by atoms with van der Waals surface area (Å²) in [5.74, 6) is 0.552. The van der Waals surface area contributed by atoms with E-state index < -0.39 is 0 Å². The Balaban J connectivity index is 1.86. The molecule has 0 saturated carbocycles. The van der Waals surface area contributed by atoms with Gasteiger partial charge in [-0.1, -0.05) is 12.1 Å². The Morgan fingerprint density at radius 1 is 0.880 bits per heavy atom. The molecule has 0 spiro atoms. The van der Waals surface area contributed by atoms with Crippen LogP contribution in [0.2, 0.25) is 0 Å². The number of rotatable bonds is 3. The van der Waals surface area contributed by atoms with Gasteiger partial charge in [-0.25, -0.2) is 15.0 Å². The molecule has 0 aliphatic carbocycles. The Hall–Kier alpha value is -3.34. The van der Waals surface area contributed by atoms with E-state index in [9.17, 15) is 0 Å². The monoisotopic (exact) mass is 327 g/mol. The largest absolute Gasteiger partial charge is 0.383 e. The first-order chi connectivity index (χ1) is 12.2. The van der Waals surface area contributed by atoms with E-state index >= 15 is 0 Å². The van der Waals surface area contributed by atoms with Crippen molar-refractivity contribution in [1.29, 1.82) is 0 Å². The summed E-state index contributed by atoms with van der Waals surface area (Å²) in [6.07, 6.45) is 7.57. The lowest BCUT2D eigenvalue weighted by molar-refractivity contribution is 1.06. The zero-order valence-corrected chi connectivity index (χ0v) is 13.8. The maximum Gasteiger partial charge on any atom is 0.131 e. The van der Waals surface area contributed by atoms with Gasteiger partial charge in [0, 0.05) is 36.0 Å². The Labute approximate surface area is 145 Å². The van der Waals surface area contributed by atoms with Crippen LogP contribution < -0.4 is 5.73 Å². The summed E-state index contributed by atoms with van der Waals surface area (Å²) in [6, 6.07) is 12.0. The molecule has 4 aromatic rings. The number of anilines is 1. The molecule has 0 aliphatic rings. The highest BCUT2D eigenvalue weighted by Gasteiger charge is 2.13. The van der Waals surface area contributed by atoms with Gasteiger partial charge in [-0.15, -0.1) is 0 Å². The summed E-state index contributed by atoms with van der Waals surface area (Å²) in [6.45, 7) is 2.11. The fourth-order valence-electron chi connectivity index (χ4n) is 3.11. The third-order valence-electron chi connectivity index (χ3n) is 4.41. The molecule has 0 unspecified atom stereocenters. The van der Waals surface area contributed by atoms with Gasteiger partial charge < -0.3 is 5.73 Å². The van der Waals surface area contributed by atoms with E-state index in [1.54, 1.807) is 18.7 Å². The van der Waals surface area contributed by atoms with Crippen molar-refractivity contribution in [3.63, 3.8) is 0 Å². The van der Waals surface area contributed by atoms with Gasteiger partial charge in [0.05, 0.1) is 11.4 Å². The van der Waals surface area contributed by atoms with E-state index in [1.807, 2.05) is 36.5 Å². The highest BCUT2D eigenvalue weighted by atomic mass is 14.8. The van der Waals surface area contributed by atoms with Gasteiger partial charge in [0.2, 0.25) is 0 Å². The lowest BCUT2D eigenvalue weighted by Crippen LogP contribution is -2.01. The summed E-state index contributed by atoms with van der Waals surface area (Å²) < 4.78 is 0. The van der Waals surface area contributed by atoms with Crippen LogP contribution in [0.15, 0.2) is 61.3 Å². The van der Waals surface area contributed by atoms with Crippen molar-refractivity contribution in [3.05, 3.63) is 78.1 Å². The quantitative estimate of drug-likeness (QED) is 0.622. The van der Waals surface area contributed by atoms with Crippen LogP contribution in [0.4, 0.5) is 5.82 Å². The van der Waals surface area contributed by atoms with Crippen molar-refractivity contribution in [2.45, 2.75) is 13.3 Å². The first-order valence-corrected chi connectivity index (χ1v) is 8.07. The van der Waals surface area contributed by atoms with Crippen LogP contribution in [-0.2, 0) is 6.42 Å². The van der Waals surface area contributed by atoms with Gasteiger partial charge in [0.15, 0.2) is 0 Å². The molecular formula is C20H17N5. The third kappa shape index (κ3) is 2.80. The Morgan fingerprint density at radius 3 is 2.64 bits per heavy atom. The number of aryl methyl sites for hydroxylation is 1. The van der Waals surface area contributed by atoms with Crippen LogP contribution >= 0.6 is 0 Å². The summed E-state index contributed by atoms with van der Waals surface area (Å²) in [5, 5.41) is 2.09. The maximum absolute atomic E-state index is 6.05. The van der Waals surface area contributed by atoms with Crippen LogP contribution in [0.5, 0.6) is 0 Å². The molecule has 25 heavy (non-hydrogen) atoms. The average Bonchev–Trinajstić information content (AvgIpc) is 2.65. The number of hydrogen-bond donors (Lipinski definition) is 1. The van der Waals surface area contributed by atoms with Crippen molar-refractivity contribution in [3.8, 4) is 11.3 Å². The van der Waals surface area contributed by atoms with Crippen molar-refractivity contribution < 1.29 is 0 Å². The van der Waals surface area contributed by atoms with Crippen molar-refractivity contribution >= 4 is 16.6 Å². The highest BCUT2D eigenvalue weighted by Crippen LogP contribution is 2.29. The highest BCUT2D eigenvalue weighted by molar-refractivity contribution is 5.94. The molecule has 3 heterocycles.